The average molecular weight is 606 g/mol. The number of ether oxygens (including phenoxy) is 3. The molecule has 1 aliphatic carbocycles. The minimum Gasteiger partial charge on any atom is -0.490 e. The molecule has 44 heavy (non-hydrogen) atoms. The van der Waals surface area contributed by atoms with Crippen molar-refractivity contribution in [1.29, 1.82) is 0 Å². The summed E-state index contributed by atoms with van der Waals surface area (Å²) in [6, 6.07) is 21.3. The smallest absolute Gasteiger partial charge is 0.349 e. The fraction of sp³-hybridized carbons (Fsp3) is 0.273. The molecule has 3 unspecified atom stereocenters. The number of fused-ring (bicyclic) bond motifs is 1. The van der Waals surface area contributed by atoms with Crippen LogP contribution in [0.3, 0.4) is 0 Å². The van der Waals surface area contributed by atoms with Gasteiger partial charge < -0.3 is 34.8 Å². The molecule has 0 amide bonds. The van der Waals surface area contributed by atoms with Crippen LogP contribution >= 0.6 is 0 Å². The molecule has 1 aliphatic rings. The number of rotatable bonds is 13. The van der Waals surface area contributed by atoms with Gasteiger partial charge in [0.2, 0.25) is 12.2 Å². The molecule has 0 saturated heterocycles. The van der Waals surface area contributed by atoms with Crippen LogP contribution in [0, 0.1) is 0 Å². The minimum atomic E-state index is -2.21. The number of hydrogen-bond acceptors (Lipinski definition) is 9. The van der Waals surface area contributed by atoms with Crippen LogP contribution in [0.25, 0.3) is 6.08 Å². The monoisotopic (exact) mass is 605 g/mol. The molecule has 0 saturated carbocycles. The van der Waals surface area contributed by atoms with Gasteiger partial charge in [0.05, 0.1) is 11.1 Å². The number of carboxylic acid groups (broad SMARTS) is 2. The van der Waals surface area contributed by atoms with Crippen molar-refractivity contribution in [2.24, 2.45) is 0 Å². The van der Waals surface area contributed by atoms with Crippen LogP contribution < -0.4 is 10.1 Å². The number of esters is 2. The van der Waals surface area contributed by atoms with E-state index in [0.29, 0.717) is 19.2 Å². The van der Waals surface area contributed by atoms with E-state index in [-0.39, 0.29) is 11.1 Å². The molecule has 0 spiro atoms. The van der Waals surface area contributed by atoms with Crippen LogP contribution in [-0.4, -0.2) is 76.7 Å². The summed E-state index contributed by atoms with van der Waals surface area (Å²) in [5.74, 6) is -4.77. The maximum atomic E-state index is 12.0. The summed E-state index contributed by atoms with van der Waals surface area (Å²) in [6.07, 6.45) is 0.288. The van der Waals surface area contributed by atoms with Gasteiger partial charge in [-0.1, -0.05) is 74.5 Å². The highest BCUT2D eigenvalue weighted by molar-refractivity contribution is 5.95. The molecule has 11 heteroatoms. The first-order valence-electron chi connectivity index (χ1n) is 13.9. The molecule has 11 nitrogen and oxygen atoms in total. The Bertz CT molecular complexity index is 1370. The standard InChI is InChI=1S/C18H14O8.C15H21NO2/c19-15(20)13(25-17(23)11-7-3-1-4-8-11)14(16(21)22)26-18(24)12-9-5-2-6-10-12;1-11(2)16-9-13(17)10-18-15-8-4-6-12-5-3-7-14(12)15/h1-10,13-14H,(H,19,20)(H,21,22);3-4,6-8,11,13,16-17H,5,9-10H2,1-2H3. The zero-order chi connectivity index (χ0) is 32.1. The van der Waals surface area contributed by atoms with E-state index in [1.54, 1.807) is 12.1 Å². The lowest BCUT2D eigenvalue weighted by Crippen LogP contribution is -2.45. The average Bonchev–Trinajstić information content (AvgIpc) is 3.51. The molecule has 4 rings (SSSR count). The van der Waals surface area contributed by atoms with E-state index >= 15 is 0 Å². The summed E-state index contributed by atoms with van der Waals surface area (Å²) in [7, 11) is 0. The van der Waals surface area contributed by atoms with Gasteiger partial charge in [-0.25, -0.2) is 19.2 Å². The molecule has 0 bridgehead atoms. The summed E-state index contributed by atoms with van der Waals surface area (Å²) in [4.78, 5) is 46.8. The number of aliphatic hydroxyl groups excluding tert-OH is 1. The first-order chi connectivity index (χ1) is 21.1. The lowest BCUT2D eigenvalue weighted by Gasteiger charge is -2.21. The summed E-state index contributed by atoms with van der Waals surface area (Å²) in [5.41, 5.74) is 2.50. The van der Waals surface area contributed by atoms with Gasteiger partial charge in [0.15, 0.2) is 0 Å². The van der Waals surface area contributed by atoms with Crippen LogP contribution in [-0.2, 0) is 25.5 Å². The Morgan fingerprint density at radius 2 is 1.30 bits per heavy atom. The number of carbonyl (C=O) groups is 4. The molecule has 0 fully saturated rings. The fourth-order valence-corrected chi connectivity index (χ4v) is 4.00. The Kier molecular flexibility index (Phi) is 12.6. The van der Waals surface area contributed by atoms with Gasteiger partial charge in [0.25, 0.3) is 0 Å². The molecular formula is C33H35NO10. The molecule has 3 aromatic carbocycles. The molecular weight excluding hydrogens is 570 g/mol. The van der Waals surface area contributed by atoms with E-state index in [1.165, 1.54) is 54.1 Å². The van der Waals surface area contributed by atoms with E-state index in [4.69, 9.17) is 14.2 Å². The van der Waals surface area contributed by atoms with Crippen LogP contribution in [0.4, 0.5) is 0 Å². The van der Waals surface area contributed by atoms with Gasteiger partial charge in [0.1, 0.15) is 18.5 Å². The molecule has 0 heterocycles. The van der Waals surface area contributed by atoms with E-state index in [0.717, 1.165) is 17.7 Å². The molecule has 3 aromatic rings. The number of benzene rings is 3. The van der Waals surface area contributed by atoms with Crippen LogP contribution in [0.15, 0.2) is 84.9 Å². The highest BCUT2D eigenvalue weighted by Gasteiger charge is 2.41. The van der Waals surface area contributed by atoms with Crippen LogP contribution in [0.5, 0.6) is 5.75 Å². The van der Waals surface area contributed by atoms with Crippen molar-refractivity contribution in [3.05, 3.63) is 107 Å². The molecule has 0 aliphatic heterocycles. The number of carbonyl (C=O) groups excluding carboxylic acids is 2. The number of nitrogens with one attached hydrogen (secondary N) is 1. The zero-order valence-electron chi connectivity index (χ0n) is 24.3. The first kappa shape index (κ1) is 33.5. The number of aliphatic carboxylic acids is 2. The van der Waals surface area contributed by atoms with Crippen molar-refractivity contribution >= 4 is 30.0 Å². The highest BCUT2D eigenvalue weighted by atomic mass is 16.6. The van der Waals surface area contributed by atoms with Gasteiger partial charge >= 0.3 is 23.9 Å². The van der Waals surface area contributed by atoms with Crippen molar-refractivity contribution < 1.29 is 48.7 Å². The lowest BCUT2D eigenvalue weighted by molar-refractivity contribution is -0.166. The second-order valence-corrected chi connectivity index (χ2v) is 10.0. The number of hydrogen-bond donors (Lipinski definition) is 4. The minimum absolute atomic E-state index is 0.0253. The van der Waals surface area contributed by atoms with Gasteiger partial charge in [-0.15, -0.1) is 0 Å². The summed E-state index contributed by atoms with van der Waals surface area (Å²) in [6.45, 7) is 5.00. The summed E-state index contributed by atoms with van der Waals surface area (Å²) in [5, 5.41) is 31.5. The molecule has 232 valence electrons. The lowest BCUT2D eigenvalue weighted by atomic mass is 10.1. The summed E-state index contributed by atoms with van der Waals surface area (Å²) >= 11 is 0. The van der Waals surface area contributed by atoms with E-state index in [1.807, 2.05) is 12.1 Å². The van der Waals surface area contributed by atoms with Crippen molar-refractivity contribution in [2.75, 3.05) is 13.2 Å². The highest BCUT2D eigenvalue weighted by Crippen LogP contribution is 2.28. The quantitative estimate of drug-likeness (QED) is 0.210. The SMILES string of the molecule is CC(C)NCC(O)COc1cccc2c1C=CC2.O=C(OC(C(=O)O)C(OC(=O)c1ccccc1)C(=O)O)c1ccccc1. The number of carboxylic acids is 2. The Labute approximate surface area is 254 Å². The Morgan fingerprint density at radius 1 is 0.773 bits per heavy atom. The second kappa shape index (κ2) is 16.6. The van der Waals surface area contributed by atoms with Crippen LogP contribution in [0.1, 0.15) is 45.7 Å². The topological polar surface area (TPSA) is 169 Å². The Hall–Kier alpha value is -5.00. The van der Waals surface area contributed by atoms with Crippen molar-refractivity contribution in [1.82, 2.24) is 5.32 Å². The van der Waals surface area contributed by atoms with E-state index in [9.17, 15) is 34.5 Å². The van der Waals surface area contributed by atoms with Crippen molar-refractivity contribution in [3.8, 4) is 5.75 Å². The normalized spacial score (nSPS) is 13.5. The summed E-state index contributed by atoms with van der Waals surface area (Å²) < 4.78 is 15.2. The predicted molar refractivity (Wildman–Crippen MR) is 160 cm³/mol. The number of allylic oxidation sites excluding steroid dienone is 1. The molecule has 4 N–H and O–H groups in total. The third-order valence-corrected chi connectivity index (χ3v) is 6.22. The Morgan fingerprint density at radius 3 is 1.77 bits per heavy atom. The third-order valence-electron chi connectivity index (χ3n) is 6.22. The molecule has 0 radical (unpaired) electrons. The third kappa shape index (κ3) is 10.1. The largest absolute Gasteiger partial charge is 0.490 e. The van der Waals surface area contributed by atoms with Crippen molar-refractivity contribution in [3.63, 3.8) is 0 Å². The van der Waals surface area contributed by atoms with Crippen molar-refractivity contribution in [2.45, 2.75) is 44.6 Å². The van der Waals surface area contributed by atoms with Gasteiger partial charge in [-0.2, -0.15) is 0 Å². The maximum Gasteiger partial charge on any atom is 0.349 e. The first-order valence-corrected chi connectivity index (χ1v) is 13.9. The fourth-order valence-electron chi connectivity index (χ4n) is 4.00. The number of aliphatic hydroxyl groups is 1. The van der Waals surface area contributed by atoms with Gasteiger partial charge in [-0.3, -0.25) is 0 Å². The van der Waals surface area contributed by atoms with E-state index in [2.05, 4.69) is 37.4 Å². The predicted octanol–water partition coefficient (Wildman–Crippen LogP) is 3.60. The van der Waals surface area contributed by atoms with Crippen LogP contribution in [0.2, 0.25) is 0 Å². The van der Waals surface area contributed by atoms with Gasteiger partial charge in [-0.05, 0) is 42.3 Å². The van der Waals surface area contributed by atoms with E-state index < -0.39 is 42.2 Å². The van der Waals surface area contributed by atoms with Gasteiger partial charge in [0, 0.05) is 18.2 Å². The Balaban J connectivity index is 0.000000257. The zero-order valence-corrected chi connectivity index (χ0v) is 24.3. The molecule has 3 atom stereocenters. The molecule has 0 aromatic heterocycles. The maximum absolute atomic E-state index is 12.0. The second-order valence-electron chi connectivity index (χ2n) is 10.0.